The summed E-state index contributed by atoms with van der Waals surface area (Å²) in [6, 6.07) is 5.28. The zero-order valence-electron chi connectivity index (χ0n) is 21.0. The van der Waals surface area contributed by atoms with E-state index in [1.165, 1.54) is 13.4 Å². The second-order valence-corrected chi connectivity index (χ2v) is 10.0. The van der Waals surface area contributed by atoms with Crippen LogP contribution in [0.4, 0.5) is 28.8 Å². The van der Waals surface area contributed by atoms with Crippen LogP contribution in [-0.2, 0) is 0 Å². The summed E-state index contributed by atoms with van der Waals surface area (Å²) < 4.78 is 5.50. The van der Waals surface area contributed by atoms with Crippen molar-refractivity contribution >= 4 is 45.9 Å². The number of rotatable bonds is 8. The minimum Gasteiger partial charge on any atom is -0.495 e. The van der Waals surface area contributed by atoms with Gasteiger partial charge in [0.05, 0.1) is 19.1 Å². The van der Waals surface area contributed by atoms with E-state index in [0.29, 0.717) is 28.2 Å². The number of hydrogen-bond acceptors (Lipinski definition) is 10. The Balaban J connectivity index is 1.43. The summed E-state index contributed by atoms with van der Waals surface area (Å²) in [5, 5.41) is 12.1. The van der Waals surface area contributed by atoms with Gasteiger partial charge >= 0.3 is 0 Å². The van der Waals surface area contributed by atoms with E-state index in [9.17, 15) is 14.4 Å². The van der Waals surface area contributed by atoms with Crippen molar-refractivity contribution in [1.29, 1.82) is 0 Å². The Morgan fingerprint density at radius 3 is 2.51 bits per heavy atom. The summed E-state index contributed by atoms with van der Waals surface area (Å²) in [6.45, 7) is 5.67. The lowest BCUT2D eigenvalue weighted by Gasteiger charge is -2.26. The van der Waals surface area contributed by atoms with Crippen molar-refractivity contribution in [3.8, 4) is 5.75 Å². The molecule has 1 amide bonds. The van der Waals surface area contributed by atoms with E-state index in [4.69, 9.17) is 4.74 Å². The van der Waals surface area contributed by atoms with Gasteiger partial charge in [-0.1, -0.05) is 0 Å². The standard InChI is InChI=1S/C25H28N8O4/c1-25(2,3)33-17-16(19(34)20(17)35)30-22-18-21(27-11-26-18)31-24(32-22)29-14-9-8-12(10-15(14)37-4)23(36)28-13-6-5-7-13/h8-11,13,33H,5-7H2,1-4H3,(H,28,36)(H3,26,27,29,30,31,32). The van der Waals surface area contributed by atoms with Gasteiger partial charge in [0.2, 0.25) is 5.95 Å². The third kappa shape index (κ3) is 4.82. The number of carbonyl (C=O) groups is 1. The fraction of sp³-hybridized carbons (Fsp3) is 0.360. The van der Waals surface area contributed by atoms with E-state index >= 15 is 0 Å². The molecule has 12 nitrogen and oxygen atoms in total. The molecule has 5 N–H and O–H groups in total. The molecule has 1 aliphatic rings. The first-order valence-corrected chi connectivity index (χ1v) is 12.0. The molecule has 1 saturated carbocycles. The summed E-state index contributed by atoms with van der Waals surface area (Å²) in [6.07, 6.45) is 4.58. The largest absolute Gasteiger partial charge is 0.495 e. The van der Waals surface area contributed by atoms with E-state index in [-0.39, 0.29) is 35.1 Å². The number of hydrogen-bond donors (Lipinski definition) is 5. The number of carbonyl (C=O) groups excluding carboxylic acids is 1. The molecule has 192 valence electrons. The molecule has 1 aliphatic carbocycles. The summed E-state index contributed by atoms with van der Waals surface area (Å²) >= 11 is 0. The van der Waals surface area contributed by atoms with Gasteiger partial charge in [0, 0.05) is 17.1 Å². The molecule has 5 rings (SSSR count). The molecule has 0 saturated heterocycles. The Bertz CT molecular complexity index is 1560. The Morgan fingerprint density at radius 1 is 1.08 bits per heavy atom. The van der Waals surface area contributed by atoms with Crippen LogP contribution in [0.15, 0.2) is 34.1 Å². The Kier molecular flexibility index (Phi) is 6.02. The molecule has 12 heteroatoms. The highest BCUT2D eigenvalue weighted by atomic mass is 16.5. The Labute approximate surface area is 212 Å². The van der Waals surface area contributed by atoms with Crippen molar-refractivity contribution < 1.29 is 9.53 Å². The Morgan fingerprint density at radius 2 is 1.84 bits per heavy atom. The normalized spacial score (nSPS) is 13.8. The van der Waals surface area contributed by atoms with Crippen LogP contribution in [0.5, 0.6) is 5.75 Å². The van der Waals surface area contributed by atoms with Gasteiger partial charge in [-0.2, -0.15) is 9.97 Å². The molecule has 0 atom stereocenters. The highest BCUT2D eigenvalue weighted by molar-refractivity contribution is 5.96. The third-order valence-electron chi connectivity index (χ3n) is 6.08. The Hall–Kier alpha value is -4.48. The lowest BCUT2D eigenvalue weighted by Crippen LogP contribution is -2.41. The first-order chi connectivity index (χ1) is 17.6. The van der Waals surface area contributed by atoms with Gasteiger partial charge in [-0.05, 0) is 58.2 Å². The number of anilines is 5. The first kappa shape index (κ1) is 24.2. The summed E-state index contributed by atoms with van der Waals surface area (Å²) in [5.41, 5.74) is 0.512. The molecule has 0 spiro atoms. The zero-order chi connectivity index (χ0) is 26.3. The van der Waals surface area contributed by atoms with Crippen LogP contribution in [0.2, 0.25) is 0 Å². The lowest BCUT2D eigenvalue weighted by molar-refractivity contribution is 0.0916. The van der Waals surface area contributed by atoms with Gasteiger partial charge in [0.1, 0.15) is 17.1 Å². The second kappa shape index (κ2) is 9.19. The van der Waals surface area contributed by atoms with Crippen LogP contribution in [0.1, 0.15) is 50.4 Å². The number of methoxy groups -OCH3 is 1. The maximum absolute atomic E-state index is 12.6. The smallest absolute Gasteiger partial charge is 0.253 e. The van der Waals surface area contributed by atoms with Crippen molar-refractivity contribution in [2.24, 2.45) is 0 Å². The van der Waals surface area contributed by atoms with Crippen LogP contribution in [0, 0.1) is 0 Å². The van der Waals surface area contributed by atoms with Gasteiger partial charge in [-0.15, -0.1) is 0 Å². The van der Waals surface area contributed by atoms with Crippen molar-refractivity contribution in [1.82, 2.24) is 25.3 Å². The number of H-pyrrole nitrogens is 1. The predicted octanol–water partition coefficient (Wildman–Crippen LogP) is 2.94. The number of fused-ring (bicyclic) bond motifs is 1. The number of ether oxygens (including phenoxy) is 1. The fourth-order valence-electron chi connectivity index (χ4n) is 3.98. The maximum Gasteiger partial charge on any atom is 0.253 e. The molecule has 2 aromatic carbocycles. The van der Waals surface area contributed by atoms with E-state index in [2.05, 4.69) is 41.2 Å². The SMILES string of the molecule is COc1cc(C(=O)NC2CCC2)ccc1Nc1nc(Nc2c(NC(C)(C)C)c(=O)c2=O)c2nc[nH]c2n1. The predicted molar refractivity (Wildman–Crippen MR) is 141 cm³/mol. The van der Waals surface area contributed by atoms with E-state index in [1.54, 1.807) is 18.2 Å². The summed E-state index contributed by atoms with van der Waals surface area (Å²) in [4.78, 5) is 53.2. The molecule has 2 aromatic heterocycles. The lowest BCUT2D eigenvalue weighted by atomic mass is 9.93. The number of aromatic amines is 1. The molecular formula is C25H28N8O4. The number of nitrogens with zero attached hydrogens (tertiary/aromatic N) is 3. The van der Waals surface area contributed by atoms with Crippen molar-refractivity contribution in [3.05, 3.63) is 50.5 Å². The molecule has 0 bridgehead atoms. The van der Waals surface area contributed by atoms with Crippen LogP contribution in [0.3, 0.4) is 0 Å². The number of benzene rings is 1. The molecule has 0 radical (unpaired) electrons. The molecule has 0 aliphatic heterocycles. The molecule has 2 heterocycles. The van der Waals surface area contributed by atoms with Gasteiger partial charge in [0.15, 0.2) is 17.0 Å². The molecule has 4 aromatic rings. The molecule has 0 unspecified atom stereocenters. The summed E-state index contributed by atoms with van der Waals surface area (Å²) in [5.74, 6) is 0.716. The van der Waals surface area contributed by atoms with E-state index in [1.807, 2.05) is 20.8 Å². The van der Waals surface area contributed by atoms with Gasteiger partial charge in [-0.25, -0.2) is 4.98 Å². The van der Waals surface area contributed by atoms with Gasteiger partial charge in [0.25, 0.3) is 16.8 Å². The number of amides is 1. The average Bonchev–Trinajstić information content (AvgIpc) is 3.31. The highest BCUT2D eigenvalue weighted by Gasteiger charge is 2.26. The fourth-order valence-corrected chi connectivity index (χ4v) is 3.98. The van der Waals surface area contributed by atoms with Crippen LogP contribution in [0.25, 0.3) is 11.2 Å². The van der Waals surface area contributed by atoms with Gasteiger partial charge < -0.3 is 31.0 Å². The zero-order valence-corrected chi connectivity index (χ0v) is 21.0. The van der Waals surface area contributed by atoms with Crippen molar-refractivity contribution in [2.75, 3.05) is 23.1 Å². The van der Waals surface area contributed by atoms with Gasteiger partial charge in [-0.3, -0.25) is 14.4 Å². The minimum absolute atomic E-state index is 0.119. The highest BCUT2D eigenvalue weighted by Crippen LogP contribution is 2.31. The molecule has 1 fully saturated rings. The monoisotopic (exact) mass is 504 g/mol. The first-order valence-electron chi connectivity index (χ1n) is 12.0. The number of nitrogens with one attached hydrogen (secondary N) is 5. The quantitative estimate of drug-likeness (QED) is 0.225. The van der Waals surface area contributed by atoms with Crippen LogP contribution < -0.4 is 36.9 Å². The van der Waals surface area contributed by atoms with Crippen LogP contribution in [-0.4, -0.2) is 44.5 Å². The summed E-state index contributed by atoms with van der Waals surface area (Å²) in [7, 11) is 1.51. The second-order valence-electron chi connectivity index (χ2n) is 10.0. The molecular weight excluding hydrogens is 476 g/mol. The average molecular weight is 505 g/mol. The minimum atomic E-state index is -0.638. The van der Waals surface area contributed by atoms with E-state index < -0.39 is 16.4 Å². The number of imidazole rings is 1. The topological polar surface area (TPSA) is 163 Å². The van der Waals surface area contributed by atoms with E-state index in [0.717, 1.165) is 19.3 Å². The number of aromatic nitrogens is 4. The van der Waals surface area contributed by atoms with Crippen molar-refractivity contribution in [2.45, 2.75) is 51.6 Å². The molecule has 37 heavy (non-hydrogen) atoms. The van der Waals surface area contributed by atoms with Crippen LogP contribution >= 0.6 is 0 Å². The van der Waals surface area contributed by atoms with Crippen molar-refractivity contribution in [3.63, 3.8) is 0 Å². The maximum atomic E-state index is 12.6. The third-order valence-corrected chi connectivity index (χ3v) is 6.08.